The van der Waals surface area contributed by atoms with Crippen molar-refractivity contribution in [2.45, 2.75) is 31.6 Å². The second-order valence-corrected chi connectivity index (χ2v) is 9.02. The van der Waals surface area contributed by atoms with Gasteiger partial charge >= 0.3 is 0 Å². The highest BCUT2D eigenvalue weighted by molar-refractivity contribution is 7.15. The zero-order valence-electron chi connectivity index (χ0n) is 17.2. The number of fused-ring (bicyclic) bond motifs is 1. The molecule has 2 N–H and O–H groups in total. The molecule has 0 radical (unpaired) electrons. The maximum Gasteiger partial charge on any atom is 0.248 e. The number of anilines is 3. The highest BCUT2D eigenvalue weighted by Crippen LogP contribution is 2.37. The standard InChI is InChI=1S/C21H25N7O2S/c29-13-19(30)28-9-7-27(8-10-28)15-11-17-16(22-12-15)5-6-18(23-17)24-21-26-25-20(31-21)14-3-1-2-4-14/h5-6,11-12,14,29H,1-4,7-10,13H2,(H,23,24,26). The van der Waals surface area contributed by atoms with E-state index in [1.54, 1.807) is 16.2 Å². The number of aliphatic hydroxyl groups excluding tert-OH is 1. The van der Waals surface area contributed by atoms with E-state index in [1.165, 1.54) is 25.7 Å². The van der Waals surface area contributed by atoms with Crippen LogP contribution in [0.4, 0.5) is 16.6 Å². The summed E-state index contributed by atoms with van der Waals surface area (Å²) < 4.78 is 0. The van der Waals surface area contributed by atoms with E-state index in [-0.39, 0.29) is 5.91 Å². The molecule has 0 spiro atoms. The van der Waals surface area contributed by atoms with Crippen LogP contribution in [0.25, 0.3) is 11.0 Å². The molecule has 31 heavy (non-hydrogen) atoms. The molecule has 162 valence electrons. The van der Waals surface area contributed by atoms with Crippen molar-refractivity contribution in [3.05, 3.63) is 29.4 Å². The summed E-state index contributed by atoms with van der Waals surface area (Å²) >= 11 is 1.61. The maximum atomic E-state index is 11.7. The van der Waals surface area contributed by atoms with Gasteiger partial charge < -0.3 is 20.2 Å². The van der Waals surface area contributed by atoms with Crippen LogP contribution in [0.2, 0.25) is 0 Å². The topological polar surface area (TPSA) is 107 Å². The first kappa shape index (κ1) is 20.1. The second-order valence-electron chi connectivity index (χ2n) is 8.01. The van der Waals surface area contributed by atoms with Crippen molar-refractivity contribution in [2.75, 3.05) is 43.0 Å². The van der Waals surface area contributed by atoms with Crippen molar-refractivity contribution in [3.8, 4) is 0 Å². The van der Waals surface area contributed by atoms with Crippen LogP contribution in [0.15, 0.2) is 24.4 Å². The van der Waals surface area contributed by atoms with Crippen molar-refractivity contribution in [3.63, 3.8) is 0 Å². The number of carbonyl (C=O) groups excluding carboxylic acids is 1. The maximum absolute atomic E-state index is 11.7. The molecule has 9 nitrogen and oxygen atoms in total. The highest BCUT2D eigenvalue weighted by Gasteiger charge is 2.22. The lowest BCUT2D eigenvalue weighted by atomic mass is 10.1. The summed E-state index contributed by atoms with van der Waals surface area (Å²) in [6.45, 7) is 2.14. The van der Waals surface area contributed by atoms with Gasteiger partial charge in [0, 0.05) is 32.1 Å². The van der Waals surface area contributed by atoms with Crippen LogP contribution in [-0.2, 0) is 4.79 Å². The van der Waals surface area contributed by atoms with Gasteiger partial charge in [0.15, 0.2) is 0 Å². The predicted octanol–water partition coefficient (Wildman–Crippen LogP) is 2.52. The number of aliphatic hydroxyl groups is 1. The number of carbonyl (C=O) groups is 1. The third kappa shape index (κ3) is 4.31. The Hall–Kier alpha value is -2.85. The molecular weight excluding hydrogens is 414 g/mol. The van der Waals surface area contributed by atoms with Crippen LogP contribution in [0.1, 0.15) is 36.6 Å². The molecule has 0 aromatic carbocycles. The summed E-state index contributed by atoms with van der Waals surface area (Å²) in [4.78, 5) is 24.8. The van der Waals surface area contributed by atoms with Gasteiger partial charge in [-0.3, -0.25) is 9.78 Å². The third-order valence-electron chi connectivity index (χ3n) is 6.04. The molecule has 0 bridgehead atoms. The monoisotopic (exact) mass is 439 g/mol. The molecule has 0 atom stereocenters. The van der Waals surface area contributed by atoms with Gasteiger partial charge in [-0.15, -0.1) is 10.2 Å². The van der Waals surface area contributed by atoms with Crippen molar-refractivity contribution in [2.24, 2.45) is 0 Å². The van der Waals surface area contributed by atoms with Crippen LogP contribution in [0.5, 0.6) is 0 Å². The van der Waals surface area contributed by atoms with E-state index in [0.717, 1.165) is 32.7 Å². The van der Waals surface area contributed by atoms with Crippen molar-refractivity contribution in [1.29, 1.82) is 0 Å². The Balaban J connectivity index is 1.30. The normalized spacial score (nSPS) is 17.5. The number of aromatic nitrogens is 4. The Bertz CT molecular complexity index is 1070. The molecule has 4 heterocycles. The smallest absolute Gasteiger partial charge is 0.248 e. The minimum atomic E-state index is -0.437. The van der Waals surface area contributed by atoms with E-state index in [4.69, 9.17) is 10.1 Å². The molecular formula is C21H25N7O2S. The second kappa shape index (κ2) is 8.72. The zero-order chi connectivity index (χ0) is 21.2. The van der Waals surface area contributed by atoms with Gasteiger partial charge in [-0.1, -0.05) is 24.2 Å². The largest absolute Gasteiger partial charge is 0.387 e. The predicted molar refractivity (Wildman–Crippen MR) is 120 cm³/mol. The van der Waals surface area contributed by atoms with Gasteiger partial charge in [0.1, 0.15) is 17.4 Å². The van der Waals surface area contributed by atoms with Crippen LogP contribution < -0.4 is 10.2 Å². The van der Waals surface area contributed by atoms with Crippen molar-refractivity contribution in [1.82, 2.24) is 25.1 Å². The first-order chi connectivity index (χ1) is 15.2. The van der Waals surface area contributed by atoms with E-state index in [0.29, 0.717) is 32.1 Å². The molecule has 5 rings (SSSR count). The summed E-state index contributed by atoms with van der Waals surface area (Å²) in [6, 6.07) is 5.89. The molecule has 1 aliphatic carbocycles. The fourth-order valence-electron chi connectivity index (χ4n) is 4.28. The van der Waals surface area contributed by atoms with E-state index < -0.39 is 6.61 Å². The number of amides is 1. The molecule has 1 aliphatic heterocycles. The Kier molecular flexibility index (Phi) is 5.65. The zero-order valence-corrected chi connectivity index (χ0v) is 18.0. The number of pyridine rings is 2. The minimum Gasteiger partial charge on any atom is -0.387 e. The summed E-state index contributed by atoms with van der Waals surface area (Å²) in [5.74, 6) is 1.05. The fourth-order valence-corrected chi connectivity index (χ4v) is 5.20. The van der Waals surface area contributed by atoms with E-state index in [1.807, 2.05) is 24.4 Å². The molecule has 1 amide bonds. The lowest BCUT2D eigenvalue weighted by Crippen LogP contribution is -2.49. The van der Waals surface area contributed by atoms with Crippen LogP contribution in [0, 0.1) is 0 Å². The fraction of sp³-hybridized carbons (Fsp3) is 0.476. The highest BCUT2D eigenvalue weighted by atomic mass is 32.1. The third-order valence-corrected chi connectivity index (χ3v) is 7.04. The summed E-state index contributed by atoms with van der Waals surface area (Å²) in [5, 5.41) is 22.9. The molecule has 1 saturated carbocycles. The van der Waals surface area contributed by atoms with Gasteiger partial charge in [-0.25, -0.2) is 4.98 Å². The number of rotatable bonds is 5. The number of hydrogen-bond acceptors (Lipinski definition) is 9. The average Bonchev–Trinajstić information content (AvgIpc) is 3.50. The SMILES string of the molecule is O=C(CO)N1CCN(c2cnc3ccc(Nc4nnc(C5CCCC5)s4)nc3c2)CC1. The lowest BCUT2D eigenvalue weighted by molar-refractivity contribution is -0.134. The molecule has 0 unspecified atom stereocenters. The van der Waals surface area contributed by atoms with Gasteiger partial charge in [-0.05, 0) is 31.0 Å². The Morgan fingerprint density at radius 1 is 1.13 bits per heavy atom. The van der Waals surface area contributed by atoms with Crippen molar-refractivity contribution < 1.29 is 9.90 Å². The Labute approximate surface area is 184 Å². The Morgan fingerprint density at radius 2 is 1.94 bits per heavy atom. The average molecular weight is 440 g/mol. The molecule has 2 aliphatic rings. The number of nitrogens with zero attached hydrogens (tertiary/aromatic N) is 6. The molecule has 1 saturated heterocycles. The number of nitrogens with one attached hydrogen (secondary N) is 1. The molecule has 3 aromatic heterocycles. The molecule has 3 aromatic rings. The lowest BCUT2D eigenvalue weighted by Gasteiger charge is -2.35. The molecule has 2 fully saturated rings. The van der Waals surface area contributed by atoms with Gasteiger partial charge in [0.05, 0.1) is 22.9 Å². The first-order valence-corrected chi connectivity index (χ1v) is 11.5. The van der Waals surface area contributed by atoms with Crippen LogP contribution in [0.3, 0.4) is 0 Å². The van der Waals surface area contributed by atoms with Gasteiger partial charge in [0.2, 0.25) is 11.0 Å². The van der Waals surface area contributed by atoms with Gasteiger partial charge in [0.25, 0.3) is 0 Å². The van der Waals surface area contributed by atoms with Gasteiger partial charge in [-0.2, -0.15) is 0 Å². The van der Waals surface area contributed by atoms with Crippen molar-refractivity contribution >= 4 is 44.9 Å². The van der Waals surface area contributed by atoms with Crippen LogP contribution in [-0.4, -0.2) is 68.9 Å². The molecule has 10 heteroatoms. The van der Waals surface area contributed by atoms with Crippen LogP contribution >= 0.6 is 11.3 Å². The summed E-state index contributed by atoms with van der Waals surface area (Å²) in [7, 11) is 0. The van der Waals surface area contributed by atoms with E-state index in [9.17, 15) is 4.79 Å². The van der Waals surface area contributed by atoms with E-state index >= 15 is 0 Å². The Morgan fingerprint density at radius 3 is 2.71 bits per heavy atom. The first-order valence-electron chi connectivity index (χ1n) is 10.7. The minimum absolute atomic E-state index is 0.221. The summed E-state index contributed by atoms with van der Waals surface area (Å²) in [6.07, 6.45) is 6.82. The van der Waals surface area contributed by atoms with E-state index in [2.05, 4.69) is 25.4 Å². The number of piperazine rings is 1. The quantitative estimate of drug-likeness (QED) is 0.625. The number of hydrogen-bond donors (Lipinski definition) is 2. The summed E-state index contributed by atoms with van der Waals surface area (Å²) in [5.41, 5.74) is 2.61.